The van der Waals surface area contributed by atoms with Gasteiger partial charge in [0, 0.05) is 36.1 Å². The number of carbonyl (C=O) groups is 1. The van der Waals surface area contributed by atoms with E-state index in [0.717, 1.165) is 59.7 Å². The van der Waals surface area contributed by atoms with E-state index in [1.807, 2.05) is 47.4 Å². The third-order valence-corrected chi connectivity index (χ3v) is 7.92. The second-order valence-corrected chi connectivity index (χ2v) is 10.6. The molecule has 214 valence electrons. The van der Waals surface area contributed by atoms with Crippen LogP contribution in [0.2, 0.25) is 0 Å². The van der Waals surface area contributed by atoms with Gasteiger partial charge in [0.1, 0.15) is 0 Å². The first kappa shape index (κ1) is 27.6. The van der Waals surface area contributed by atoms with Crippen molar-refractivity contribution in [2.24, 2.45) is 0 Å². The number of halogens is 3. The molecule has 2 aromatic heterocycles. The SMILES string of the molecule is O=C(Cc1cccc2ccccc12)N(CCn1nc(-c2cccc(C(F)(F)F)c2)nc1-c1ccncc1)C1CCCC1. The number of aromatic nitrogens is 4. The van der Waals surface area contributed by atoms with Crippen LogP contribution in [0.3, 0.4) is 0 Å². The molecule has 0 unspecified atom stereocenters. The van der Waals surface area contributed by atoms with Crippen molar-refractivity contribution in [1.29, 1.82) is 0 Å². The molecule has 0 N–H and O–H groups in total. The molecule has 0 atom stereocenters. The van der Waals surface area contributed by atoms with Crippen molar-refractivity contribution in [3.05, 3.63) is 102 Å². The average molecular weight is 570 g/mol. The predicted octanol–water partition coefficient (Wildman–Crippen LogP) is 7.19. The summed E-state index contributed by atoms with van der Waals surface area (Å²) in [5.41, 5.74) is 1.25. The number of hydrogen-bond donors (Lipinski definition) is 0. The van der Waals surface area contributed by atoms with Crippen molar-refractivity contribution >= 4 is 16.7 Å². The molecule has 0 saturated heterocycles. The quantitative estimate of drug-likeness (QED) is 0.198. The summed E-state index contributed by atoms with van der Waals surface area (Å²) >= 11 is 0. The van der Waals surface area contributed by atoms with E-state index in [2.05, 4.69) is 15.1 Å². The largest absolute Gasteiger partial charge is 0.416 e. The van der Waals surface area contributed by atoms with E-state index >= 15 is 0 Å². The van der Waals surface area contributed by atoms with Crippen molar-refractivity contribution in [3.8, 4) is 22.8 Å². The Morgan fingerprint density at radius 3 is 2.43 bits per heavy atom. The number of benzene rings is 3. The number of fused-ring (bicyclic) bond motifs is 1. The van der Waals surface area contributed by atoms with Gasteiger partial charge in [0.25, 0.3) is 0 Å². The van der Waals surface area contributed by atoms with Crippen LogP contribution in [0.5, 0.6) is 0 Å². The molecule has 2 heterocycles. The topological polar surface area (TPSA) is 63.9 Å². The van der Waals surface area contributed by atoms with Gasteiger partial charge in [0.05, 0.1) is 18.5 Å². The highest BCUT2D eigenvalue weighted by Gasteiger charge is 2.31. The van der Waals surface area contributed by atoms with Gasteiger partial charge in [-0.2, -0.15) is 18.3 Å². The van der Waals surface area contributed by atoms with Gasteiger partial charge >= 0.3 is 6.18 Å². The molecular weight excluding hydrogens is 539 g/mol. The molecule has 0 bridgehead atoms. The molecule has 6 nitrogen and oxygen atoms in total. The molecule has 0 radical (unpaired) electrons. The molecule has 1 saturated carbocycles. The van der Waals surface area contributed by atoms with E-state index in [-0.39, 0.29) is 23.3 Å². The maximum atomic E-state index is 13.8. The standard InChI is InChI=1S/C33H30F3N5O/c34-33(35,36)27-11-6-10-26(21-27)31-38-32(24-15-17-37-18-16-24)41(39-31)20-19-40(28-12-2-3-13-28)30(42)22-25-9-5-8-23-7-1-4-14-29(23)25/h1,4-11,14-18,21,28H,2-3,12-13,19-20,22H2. The van der Waals surface area contributed by atoms with Crippen molar-refractivity contribution in [3.63, 3.8) is 0 Å². The van der Waals surface area contributed by atoms with E-state index in [4.69, 9.17) is 0 Å². The molecule has 3 aromatic carbocycles. The minimum atomic E-state index is -4.47. The number of rotatable bonds is 8. The highest BCUT2D eigenvalue weighted by atomic mass is 19.4. The molecule has 0 aliphatic heterocycles. The van der Waals surface area contributed by atoms with E-state index < -0.39 is 11.7 Å². The monoisotopic (exact) mass is 569 g/mol. The summed E-state index contributed by atoms with van der Waals surface area (Å²) in [6, 6.07) is 22.9. The Hall–Kier alpha value is -4.53. The Morgan fingerprint density at radius 1 is 0.905 bits per heavy atom. The van der Waals surface area contributed by atoms with Crippen molar-refractivity contribution in [2.45, 2.75) is 50.9 Å². The lowest BCUT2D eigenvalue weighted by molar-refractivity contribution is -0.137. The van der Waals surface area contributed by atoms with Crippen LogP contribution in [0.15, 0.2) is 91.3 Å². The van der Waals surface area contributed by atoms with E-state index in [0.29, 0.717) is 25.3 Å². The highest BCUT2D eigenvalue weighted by molar-refractivity contribution is 5.90. The molecule has 9 heteroatoms. The summed E-state index contributed by atoms with van der Waals surface area (Å²) in [6.45, 7) is 0.763. The van der Waals surface area contributed by atoms with E-state index in [1.165, 1.54) is 6.07 Å². The second kappa shape index (κ2) is 11.8. The fraction of sp³-hybridized carbons (Fsp3) is 0.273. The first-order chi connectivity index (χ1) is 20.4. The lowest BCUT2D eigenvalue weighted by atomic mass is 10.0. The molecule has 1 fully saturated rings. The summed E-state index contributed by atoms with van der Waals surface area (Å²) < 4.78 is 41.9. The first-order valence-electron chi connectivity index (χ1n) is 14.2. The van der Waals surface area contributed by atoms with Gasteiger partial charge in [-0.25, -0.2) is 9.67 Å². The number of alkyl halides is 3. The lowest BCUT2D eigenvalue weighted by Crippen LogP contribution is -2.42. The van der Waals surface area contributed by atoms with Crippen LogP contribution >= 0.6 is 0 Å². The van der Waals surface area contributed by atoms with Gasteiger partial charge in [0.2, 0.25) is 5.91 Å². The fourth-order valence-corrected chi connectivity index (χ4v) is 5.81. The normalized spacial score (nSPS) is 14.0. The van der Waals surface area contributed by atoms with Crippen molar-refractivity contribution in [2.75, 3.05) is 6.54 Å². The second-order valence-electron chi connectivity index (χ2n) is 10.6. The van der Waals surface area contributed by atoms with Gasteiger partial charge in [0.15, 0.2) is 11.6 Å². The molecule has 5 aromatic rings. The summed E-state index contributed by atoms with van der Waals surface area (Å²) in [6.07, 6.45) is 3.15. The molecule has 6 rings (SSSR count). The molecule has 1 aliphatic rings. The number of pyridine rings is 1. The predicted molar refractivity (Wildman–Crippen MR) is 155 cm³/mol. The molecule has 1 aliphatic carbocycles. The Bertz CT molecular complexity index is 1690. The van der Waals surface area contributed by atoms with Crippen LogP contribution in [-0.4, -0.2) is 43.1 Å². The van der Waals surface area contributed by atoms with E-state index in [9.17, 15) is 18.0 Å². The zero-order valence-corrected chi connectivity index (χ0v) is 23.0. The average Bonchev–Trinajstić information content (AvgIpc) is 3.69. The highest BCUT2D eigenvalue weighted by Crippen LogP contribution is 2.32. The Balaban J connectivity index is 1.30. The van der Waals surface area contributed by atoms with Crippen molar-refractivity contribution < 1.29 is 18.0 Å². The zero-order chi connectivity index (χ0) is 29.1. The summed E-state index contributed by atoms with van der Waals surface area (Å²) in [4.78, 5) is 24.5. The summed E-state index contributed by atoms with van der Waals surface area (Å²) in [5.74, 6) is 0.766. The smallest absolute Gasteiger partial charge is 0.338 e. The number of amides is 1. The lowest BCUT2D eigenvalue weighted by Gasteiger charge is -2.29. The van der Waals surface area contributed by atoms with Crippen LogP contribution in [0.4, 0.5) is 13.2 Å². The number of nitrogens with zero attached hydrogens (tertiary/aromatic N) is 5. The maximum absolute atomic E-state index is 13.8. The molecule has 42 heavy (non-hydrogen) atoms. The van der Waals surface area contributed by atoms with Crippen LogP contribution in [0.1, 0.15) is 36.8 Å². The molecule has 0 spiro atoms. The first-order valence-corrected chi connectivity index (χ1v) is 14.2. The zero-order valence-electron chi connectivity index (χ0n) is 23.0. The van der Waals surface area contributed by atoms with Crippen LogP contribution in [-0.2, 0) is 23.9 Å². The number of hydrogen-bond acceptors (Lipinski definition) is 4. The summed E-state index contributed by atoms with van der Waals surface area (Å²) in [5, 5.41) is 6.81. The maximum Gasteiger partial charge on any atom is 0.416 e. The Labute approximate surface area is 241 Å². The third kappa shape index (κ3) is 5.91. The van der Waals surface area contributed by atoms with E-state index in [1.54, 1.807) is 35.3 Å². The van der Waals surface area contributed by atoms with Gasteiger partial charge in [-0.15, -0.1) is 0 Å². The van der Waals surface area contributed by atoms with Crippen LogP contribution in [0, 0.1) is 0 Å². The molecule has 1 amide bonds. The van der Waals surface area contributed by atoms with Crippen LogP contribution < -0.4 is 0 Å². The van der Waals surface area contributed by atoms with Gasteiger partial charge in [-0.3, -0.25) is 9.78 Å². The minimum Gasteiger partial charge on any atom is -0.338 e. The number of carbonyl (C=O) groups excluding carboxylic acids is 1. The minimum absolute atomic E-state index is 0.0573. The fourth-order valence-electron chi connectivity index (χ4n) is 5.81. The van der Waals surface area contributed by atoms with Gasteiger partial charge in [-0.05, 0) is 53.4 Å². The van der Waals surface area contributed by atoms with Gasteiger partial charge < -0.3 is 4.90 Å². The third-order valence-electron chi connectivity index (χ3n) is 7.92. The molecular formula is C33H30F3N5O. The Kier molecular flexibility index (Phi) is 7.73. The van der Waals surface area contributed by atoms with Gasteiger partial charge in [-0.1, -0.05) is 67.4 Å². The van der Waals surface area contributed by atoms with Crippen molar-refractivity contribution in [1.82, 2.24) is 24.6 Å². The Morgan fingerprint density at radius 2 is 1.64 bits per heavy atom. The van der Waals surface area contributed by atoms with Crippen LogP contribution in [0.25, 0.3) is 33.5 Å². The summed E-state index contributed by atoms with van der Waals surface area (Å²) in [7, 11) is 0.